The second kappa shape index (κ2) is 7.87. The smallest absolute Gasteiger partial charge is 0.239 e. The van der Waals surface area contributed by atoms with Crippen molar-refractivity contribution in [3.05, 3.63) is 17.0 Å². The van der Waals surface area contributed by atoms with Crippen LogP contribution in [0.25, 0.3) is 0 Å². The zero-order valence-corrected chi connectivity index (χ0v) is 16.0. The van der Waals surface area contributed by atoms with Gasteiger partial charge in [-0.3, -0.25) is 9.48 Å². The van der Waals surface area contributed by atoms with Crippen LogP contribution in [0.2, 0.25) is 0 Å². The van der Waals surface area contributed by atoms with Gasteiger partial charge in [-0.15, -0.1) is 0 Å². The van der Waals surface area contributed by atoms with Gasteiger partial charge in [0.1, 0.15) is 0 Å². The largest absolute Gasteiger partial charge is 0.383 e. The lowest BCUT2D eigenvalue weighted by molar-refractivity contribution is -0.132. The van der Waals surface area contributed by atoms with Crippen LogP contribution in [0.3, 0.4) is 0 Å². The summed E-state index contributed by atoms with van der Waals surface area (Å²) in [7, 11) is 3.61. The van der Waals surface area contributed by atoms with E-state index >= 15 is 0 Å². The monoisotopic (exact) mass is 348 g/mol. The molecule has 140 valence electrons. The molecule has 2 fully saturated rings. The van der Waals surface area contributed by atoms with E-state index in [1.54, 1.807) is 7.11 Å². The Labute approximate surface area is 150 Å². The second-order valence-electron chi connectivity index (χ2n) is 7.67. The first-order chi connectivity index (χ1) is 12.0. The number of ether oxygens (including phenoxy) is 1. The van der Waals surface area contributed by atoms with E-state index in [0.717, 1.165) is 29.9 Å². The number of carbonyl (C=O) groups is 1. The lowest BCUT2D eigenvalue weighted by Crippen LogP contribution is -2.43. The minimum atomic E-state index is -0.0118. The minimum absolute atomic E-state index is 0.0118. The molecule has 1 aromatic heterocycles. The highest BCUT2D eigenvalue weighted by Gasteiger charge is 2.39. The molecular weight excluding hydrogens is 316 g/mol. The van der Waals surface area contributed by atoms with Crippen molar-refractivity contribution in [1.82, 2.24) is 20.0 Å². The molecule has 6 heteroatoms. The molecule has 1 amide bonds. The molecule has 0 radical (unpaired) electrons. The van der Waals surface area contributed by atoms with Crippen molar-refractivity contribution < 1.29 is 9.53 Å². The number of aryl methyl sites for hydroxylation is 1. The van der Waals surface area contributed by atoms with Gasteiger partial charge in [-0.1, -0.05) is 12.8 Å². The van der Waals surface area contributed by atoms with Gasteiger partial charge in [0.05, 0.1) is 24.9 Å². The van der Waals surface area contributed by atoms with Crippen LogP contribution in [0.15, 0.2) is 0 Å². The first kappa shape index (κ1) is 18.4. The number of hydrogen-bond donors (Lipinski definition) is 1. The fraction of sp³-hybridized carbons (Fsp3) is 0.789. The predicted octanol–water partition coefficient (Wildman–Crippen LogP) is 2.03. The van der Waals surface area contributed by atoms with E-state index in [0.29, 0.717) is 25.1 Å². The van der Waals surface area contributed by atoms with Crippen molar-refractivity contribution in [3.8, 4) is 0 Å². The van der Waals surface area contributed by atoms with Gasteiger partial charge in [0.25, 0.3) is 0 Å². The average molecular weight is 348 g/mol. The maximum atomic E-state index is 12.9. The molecule has 3 rings (SSSR count). The van der Waals surface area contributed by atoms with E-state index in [-0.39, 0.29) is 11.9 Å². The molecule has 2 aliphatic rings. The van der Waals surface area contributed by atoms with Crippen LogP contribution in [0.4, 0.5) is 0 Å². The van der Waals surface area contributed by atoms with Gasteiger partial charge in [0, 0.05) is 38.0 Å². The van der Waals surface area contributed by atoms with Crippen LogP contribution in [0.1, 0.15) is 49.1 Å². The second-order valence-corrected chi connectivity index (χ2v) is 7.67. The molecule has 0 aromatic carbocycles. The van der Waals surface area contributed by atoms with Crippen molar-refractivity contribution in [1.29, 1.82) is 0 Å². The molecule has 0 bridgehead atoms. The number of amides is 1. The fourth-order valence-corrected chi connectivity index (χ4v) is 4.45. The SMILES string of the molecule is COCCn1nc(C)c(CN(C)C(=O)C2CC3CCCCC3N2)c1C. The maximum absolute atomic E-state index is 12.9. The van der Waals surface area contributed by atoms with Crippen LogP contribution >= 0.6 is 0 Å². The summed E-state index contributed by atoms with van der Waals surface area (Å²) >= 11 is 0. The van der Waals surface area contributed by atoms with E-state index in [2.05, 4.69) is 17.3 Å². The lowest BCUT2D eigenvalue weighted by Gasteiger charge is -2.24. The first-order valence-electron chi connectivity index (χ1n) is 9.54. The molecule has 3 atom stereocenters. The topological polar surface area (TPSA) is 59.4 Å². The van der Waals surface area contributed by atoms with E-state index in [1.807, 2.05) is 23.6 Å². The van der Waals surface area contributed by atoms with E-state index in [4.69, 9.17) is 4.74 Å². The fourth-order valence-electron chi connectivity index (χ4n) is 4.45. The number of nitrogens with zero attached hydrogens (tertiary/aromatic N) is 3. The molecule has 2 heterocycles. The molecule has 1 saturated carbocycles. The van der Waals surface area contributed by atoms with Crippen LogP contribution in [0.5, 0.6) is 0 Å². The number of rotatable bonds is 6. The van der Waals surface area contributed by atoms with Crippen LogP contribution in [-0.2, 0) is 22.6 Å². The van der Waals surface area contributed by atoms with E-state index in [9.17, 15) is 4.79 Å². The van der Waals surface area contributed by atoms with E-state index in [1.165, 1.54) is 25.7 Å². The Morgan fingerprint density at radius 1 is 1.36 bits per heavy atom. The predicted molar refractivity (Wildman–Crippen MR) is 97.3 cm³/mol. The summed E-state index contributed by atoms with van der Waals surface area (Å²) in [5.74, 6) is 0.911. The lowest BCUT2D eigenvalue weighted by atomic mass is 9.85. The van der Waals surface area contributed by atoms with Gasteiger partial charge >= 0.3 is 0 Å². The van der Waals surface area contributed by atoms with E-state index < -0.39 is 0 Å². The highest BCUT2D eigenvalue weighted by Crippen LogP contribution is 2.33. The van der Waals surface area contributed by atoms with Crippen LogP contribution < -0.4 is 5.32 Å². The molecule has 1 aliphatic heterocycles. The van der Waals surface area contributed by atoms with Crippen molar-refractivity contribution in [3.63, 3.8) is 0 Å². The summed E-state index contributed by atoms with van der Waals surface area (Å²) in [5.41, 5.74) is 3.28. The molecule has 0 spiro atoms. The number of aromatic nitrogens is 2. The Balaban J connectivity index is 1.63. The third-order valence-electron chi connectivity index (χ3n) is 5.97. The molecule has 1 N–H and O–H groups in total. The highest BCUT2D eigenvalue weighted by atomic mass is 16.5. The van der Waals surface area contributed by atoms with Gasteiger partial charge in [0.15, 0.2) is 0 Å². The average Bonchev–Trinajstić information content (AvgIpc) is 3.15. The van der Waals surface area contributed by atoms with Gasteiger partial charge < -0.3 is 15.0 Å². The number of hydrogen-bond acceptors (Lipinski definition) is 4. The summed E-state index contributed by atoms with van der Waals surface area (Å²) in [4.78, 5) is 14.8. The number of nitrogens with one attached hydrogen (secondary N) is 1. The standard InChI is InChI=1S/C19H32N4O2/c1-13-16(14(2)23(21-13)9-10-25-4)12-22(3)19(24)18-11-15-7-5-6-8-17(15)20-18/h15,17-18,20H,5-12H2,1-4H3. The third-order valence-corrected chi connectivity index (χ3v) is 5.97. The Morgan fingerprint density at radius 3 is 2.84 bits per heavy atom. The highest BCUT2D eigenvalue weighted by molar-refractivity contribution is 5.82. The molecule has 3 unspecified atom stereocenters. The summed E-state index contributed by atoms with van der Waals surface area (Å²) in [5, 5.41) is 8.19. The number of methoxy groups -OCH3 is 1. The summed E-state index contributed by atoms with van der Waals surface area (Å²) < 4.78 is 7.13. The van der Waals surface area contributed by atoms with Crippen LogP contribution in [-0.4, -0.2) is 53.4 Å². The Hall–Kier alpha value is -1.40. The van der Waals surface area contributed by atoms with Crippen molar-refractivity contribution >= 4 is 5.91 Å². The zero-order valence-electron chi connectivity index (χ0n) is 16.0. The molecule has 1 saturated heterocycles. The van der Waals surface area contributed by atoms with Gasteiger partial charge in [0.2, 0.25) is 5.91 Å². The normalized spacial score (nSPS) is 25.8. The van der Waals surface area contributed by atoms with Crippen molar-refractivity contribution in [2.24, 2.45) is 5.92 Å². The molecule has 1 aromatic rings. The van der Waals surface area contributed by atoms with Crippen LogP contribution in [0, 0.1) is 19.8 Å². The zero-order chi connectivity index (χ0) is 18.0. The number of carbonyl (C=O) groups excluding carboxylic acids is 1. The summed E-state index contributed by atoms with van der Waals surface area (Å²) in [6.07, 6.45) is 6.11. The molecule has 1 aliphatic carbocycles. The maximum Gasteiger partial charge on any atom is 0.239 e. The molecule has 6 nitrogen and oxygen atoms in total. The van der Waals surface area contributed by atoms with Gasteiger partial charge in [-0.25, -0.2) is 0 Å². The van der Waals surface area contributed by atoms with Gasteiger partial charge in [-0.05, 0) is 39.0 Å². The van der Waals surface area contributed by atoms with Crippen molar-refractivity contribution in [2.45, 2.75) is 71.1 Å². The molecule has 25 heavy (non-hydrogen) atoms. The Morgan fingerprint density at radius 2 is 2.12 bits per heavy atom. The van der Waals surface area contributed by atoms with Crippen molar-refractivity contribution in [2.75, 3.05) is 20.8 Å². The summed E-state index contributed by atoms with van der Waals surface area (Å²) in [6.45, 7) is 6.11. The summed E-state index contributed by atoms with van der Waals surface area (Å²) in [6, 6.07) is 0.540. The Bertz CT molecular complexity index is 599. The number of likely N-dealkylation sites (N-methyl/N-ethyl adjacent to an activating group) is 1. The quantitative estimate of drug-likeness (QED) is 0.854. The third kappa shape index (κ3) is 3.90. The number of fused-ring (bicyclic) bond motifs is 1. The molecular formula is C19H32N4O2. The van der Waals surface area contributed by atoms with Gasteiger partial charge in [-0.2, -0.15) is 5.10 Å². The Kier molecular flexibility index (Phi) is 5.79. The first-order valence-corrected chi connectivity index (χ1v) is 9.54. The minimum Gasteiger partial charge on any atom is -0.383 e.